The van der Waals surface area contributed by atoms with Crippen LogP contribution in [0, 0.1) is 24.5 Å². The third-order valence-corrected chi connectivity index (χ3v) is 5.40. The van der Waals surface area contributed by atoms with Crippen molar-refractivity contribution in [2.45, 2.75) is 20.3 Å². The molecular formula is C22H19ClF2N2O5. The zero-order valence-corrected chi connectivity index (χ0v) is 17.8. The number of phenols is 1. The van der Waals surface area contributed by atoms with Crippen molar-refractivity contribution in [3.05, 3.63) is 63.8 Å². The van der Waals surface area contributed by atoms with Crippen molar-refractivity contribution in [2.75, 3.05) is 6.54 Å². The molecule has 3 rings (SSSR count). The van der Waals surface area contributed by atoms with Gasteiger partial charge >= 0.3 is 5.97 Å². The molecular weight excluding hydrogens is 446 g/mol. The van der Waals surface area contributed by atoms with E-state index in [1.54, 1.807) is 0 Å². The second kappa shape index (κ2) is 8.96. The van der Waals surface area contributed by atoms with Gasteiger partial charge in [0.25, 0.3) is 5.91 Å². The van der Waals surface area contributed by atoms with E-state index in [1.165, 1.54) is 38.1 Å². The van der Waals surface area contributed by atoms with Crippen LogP contribution < -0.4 is 5.32 Å². The van der Waals surface area contributed by atoms with Gasteiger partial charge in [0, 0.05) is 34.3 Å². The smallest absolute Gasteiger partial charge is 0.308 e. The monoisotopic (exact) mass is 464 g/mol. The van der Waals surface area contributed by atoms with Gasteiger partial charge in [0.1, 0.15) is 0 Å². The van der Waals surface area contributed by atoms with Crippen molar-refractivity contribution in [3.63, 3.8) is 0 Å². The van der Waals surface area contributed by atoms with Crippen LogP contribution in [0.5, 0.6) is 5.75 Å². The minimum Gasteiger partial charge on any atom is -0.503 e. The summed E-state index contributed by atoms with van der Waals surface area (Å²) in [5.41, 5.74) is 0.271. The summed E-state index contributed by atoms with van der Waals surface area (Å²) >= 11 is 5.85. The molecule has 0 saturated carbocycles. The molecule has 32 heavy (non-hydrogen) atoms. The number of hydrogen-bond acceptors (Lipinski definition) is 4. The van der Waals surface area contributed by atoms with Gasteiger partial charge in [0.05, 0.1) is 17.9 Å². The number of phenolic OH excluding ortho intramolecular Hbond substituents is 1. The highest BCUT2D eigenvalue weighted by Gasteiger charge is 2.27. The highest BCUT2D eigenvalue weighted by molar-refractivity contribution is 6.30. The van der Waals surface area contributed by atoms with E-state index in [1.807, 2.05) is 0 Å². The quantitative estimate of drug-likeness (QED) is 0.516. The number of benzene rings is 2. The van der Waals surface area contributed by atoms with E-state index in [4.69, 9.17) is 16.7 Å². The first-order chi connectivity index (χ1) is 15.0. The van der Waals surface area contributed by atoms with Crippen LogP contribution in [0.1, 0.15) is 28.5 Å². The number of hydrogen-bond donors (Lipinski definition) is 3. The van der Waals surface area contributed by atoms with Crippen molar-refractivity contribution < 1.29 is 33.4 Å². The Kier molecular flexibility index (Phi) is 6.50. The number of rotatable bonds is 6. The minimum atomic E-state index is -1.30. The van der Waals surface area contributed by atoms with Crippen molar-refractivity contribution in [1.29, 1.82) is 0 Å². The van der Waals surface area contributed by atoms with E-state index in [0.717, 1.165) is 10.6 Å². The molecule has 0 saturated heterocycles. The number of fused-ring (bicyclic) bond motifs is 1. The van der Waals surface area contributed by atoms with E-state index >= 15 is 0 Å². The number of carbonyl (C=O) groups excluding carboxylic acids is 2. The van der Waals surface area contributed by atoms with Gasteiger partial charge in [-0.25, -0.2) is 8.78 Å². The number of carbonyl (C=O) groups is 3. The van der Waals surface area contributed by atoms with Gasteiger partial charge in [-0.3, -0.25) is 19.0 Å². The van der Waals surface area contributed by atoms with Crippen LogP contribution in [0.4, 0.5) is 8.78 Å². The molecule has 1 amide bonds. The highest BCUT2D eigenvalue weighted by atomic mass is 35.5. The molecule has 168 valence electrons. The third-order valence-electron chi connectivity index (χ3n) is 5.15. The Hall–Kier alpha value is -3.46. The maximum absolute atomic E-state index is 14.9. The Balaban J connectivity index is 2.10. The lowest BCUT2D eigenvalue weighted by Gasteiger charge is -2.09. The fourth-order valence-electron chi connectivity index (χ4n) is 3.33. The van der Waals surface area contributed by atoms with Crippen LogP contribution >= 0.6 is 11.6 Å². The first-order valence-electron chi connectivity index (χ1n) is 9.53. The molecule has 7 nitrogen and oxygen atoms in total. The zero-order chi connectivity index (χ0) is 23.7. The fraction of sp³-hybridized carbons (Fsp3) is 0.227. The van der Waals surface area contributed by atoms with Crippen LogP contribution in [0.3, 0.4) is 0 Å². The molecule has 0 fully saturated rings. The van der Waals surface area contributed by atoms with Gasteiger partial charge in [0.15, 0.2) is 17.4 Å². The number of aromatic nitrogens is 1. The molecule has 1 aromatic heterocycles. The van der Waals surface area contributed by atoms with E-state index in [-0.39, 0.29) is 34.3 Å². The Morgan fingerprint density at radius 1 is 1.19 bits per heavy atom. The lowest BCUT2D eigenvalue weighted by molar-refractivity contribution is -0.141. The number of carboxylic acid groups (broad SMARTS) is 1. The molecule has 0 aliphatic carbocycles. The standard InChI is InChI=1S/C22H19ClF2N2O5/c1-10(22(31)32)9-26-17(28)7-14-11(2)27(21(30)12-3-5-13(23)6-4-12)16-8-15(24)20(29)19(25)18(14)16/h3-6,8,10,29H,7,9H2,1-2H3,(H,26,28)(H,31,32). The van der Waals surface area contributed by atoms with Gasteiger partial charge < -0.3 is 15.5 Å². The number of carboxylic acids is 1. The zero-order valence-electron chi connectivity index (χ0n) is 17.1. The maximum atomic E-state index is 14.9. The van der Waals surface area contributed by atoms with Crippen LogP contribution in [0.25, 0.3) is 10.9 Å². The normalized spacial score (nSPS) is 12.0. The fourth-order valence-corrected chi connectivity index (χ4v) is 3.46. The average Bonchev–Trinajstić information content (AvgIpc) is 3.01. The number of aromatic hydroxyl groups is 1. The lowest BCUT2D eigenvalue weighted by atomic mass is 10.1. The molecule has 3 N–H and O–H groups in total. The Morgan fingerprint density at radius 3 is 2.41 bits per heavy atom. The summed E-state index contributed by atoms with van der Waals surface area (Å²) in [6.45, 7) is 2.72. The molecule has 10 heteroatoms. The SMILES string of the molecule is Cc1c(CC(=O)NCC(C)C(=O)O)c2c(F)c(O)c(F)cc2n1C(=O)c1ccc(Cl)cc1. The number of nitrogens with one attached hydrogen (secondary N) is 1. The van der Waals surface area contributed by atoms with Crippen molar-refractivity contribution >= 4 is 40.3 Å². The summed E-state index contributed by atoms with van der Waals surface area (Å²) in [5.74, 6) is -6.96. The van der Waals surface area contributed by atoms with Crippen LogP contribution in [0.2, 0.25) is 5.02 Å². The number of nitrogens with zero attached hydrogens (tertiary/aromatic N) is 1. The van der Waals surface area contributed by atoms with Crippen LogP contribution in [0.15, 0.2) is 30.3 Å². The maximum Gasteiger partial charge on any atom is 0.308 e. The van der Waals surface area contributed by atoms with Gasteiger partial charge in [-0.2, -0.15) is 0 Å². The van der Waals surface area contributed by atoms with Crippen molar-refractivity contribution in [3.8, 4) is 5.75 Å². The predicted molar refractivity (Wildman–Crippen MR) is 113 cm³/mol. The van der Waals surface area contributed by atoms with E-state index in [0.29, 0.717) is 5.02 Å². The largest absolute Gasteiger partial charge is 0.503 e. The Labute approximate surface area is 186 Å². The topological polar surface area (TPSA) is 109 Å². The van der Waals surface area contributed by atoms with Crippen molar-refractivity contribution in [1.82, 2.24) is 9.88 Å². The summed E-state index contributed by atoms with van der Waals surface area (Å²) in [5, 5.41) is 21.3. The van der Waals surface area contributed by atoms with Gasteiger partial charge in [-0.15, -0.1) is 0 Å². The summed E-state index contributed by atoms with van der Waals surface area (Å²) in [6, 6.07) is 6.69. The molecule has 1 heterocycles. The van der Waals surface area contributed by atoms with E-state index in [2.05, 4.69) is 5.32 Å². The van der Waals surface area contributed by atoms with Crippen molar-refractivity contribution in [2.24, 2.45) is 5.92 Å². The molecule has 2 aromatic carbocycles. The second-order valence-corrected chi connectivity index (χ2v) is 7.78. The third kappa shape index (κ3) is 4.29. The highest BCUT2D eigenvalue weighted by Crippen LogP contribution is 2.35. The second-order valence-electron chi connectivity index (χ2n) is 7.35. The molecule has 0 radical (unpaired) electrons. The van der Waals surface area contributed by atoms with E-state index < -0.39 is 47.5 Å². The summed E-state index contributed by atoms with van der Waals surface area (Å²) in [7, 11) is 0. The molecule has 0 bridgehead atoms. The van der Waals surface area contributed by atoms with Gasteiger partial charge in [-0.1, -0.05) is 18.5 Å². The summed E-state index contributed by atoms with van der Waals surface area (Å²) < 4.78 is 30.1. The number of amides is 1. The van der Waals surface area contributed by atoms with Gasteiger partial charge in [-0.05, 0) is 36.8 Å². The number of halogens is 3. The predicted octanol–water partition coefficient (Wildman–Crippen LogP) is 3.65. The average molecular weight is 465 g/mol. The lowest BCUT2D eigenvalue weighted by Crippen LogP contribution is -2.32. The molecule has 0 spiro atoms. The number of aliphatic carboxylic acids is 1. The van der Waals surface area contributed by atoms with Crippen LogP contribution in [-0.4, -0.2) is 39.1 Å². The first-order valence-corrected chi connectivity index (χ1v) is 9.91. The van der Waals surface area contributed by atoms with E-state index in [9.17, 15) is 28.3 Å². The van der Waals surface area contributed by atoms with Gasteiger partial charge in [0.2, 0.25) is 5.91 Å². The minimum absolute atomic E-state index is 0.0654. The Morgan fingerprint density at radius 2 is 1.81 bits per heavy atom. The molecule has 0 aliphatic rings. The molecule has 1 unspecified atom stereocenters. The van der Waals surface area contributed by atoms with Crippen LogP contribution in [-0.2, 0) is 16.0 Å². The summed E-state index contributed by atoms with van der Waals surface area (Å²) in [6.07, 6.45) is -0.419. The molecule has 3 aromatic rings. The first kappa shape index (κ1) is 23.2. The Bertz CT molecular complexity index is 1240. The molecule has 0 aliphatic heterocycles. The summed E-state index contributed by atoms with van der Waals surface area (Å²) in [4.78, 5) is 36.5. The molecule has 1 atom stereocenters.